The minimum Gasteiger partial charge on any atom is -0.481 e. The maximum absolute atomic E-state index is 12.7. The van der Waals surface area contributed by atoms with Gasteiger partial charge in [-0.05, 0) is 68.6 Å². The van der Waals surface area contributed by atoms with E-state index in [9.17, 15) is 19.5 Å². The molecule has 0 saturated heterocycles. The maximum Gasteiger partial charge on any atom is 0.311 e. The number of carboxylic acids is 1. The van der Waals surface area contributed by atoms with E-state index in [0.717, 1.165) is 44.9 Å². The van der Waals surface area contributed by atoms with Gasteiger partial charge < -0.3 is 14.6 Å². The molecule has 0 unspecified atom stereocenters. The molecule has 3 aliphatic rings. The van der Waals surface area contributed by atoms with E-state index in [1.165, 1.54) is 14.0 Å². The van der Waals surface area contributed by atoms with Gasteiger partial charge in [0, 0.05) is 12.3 Å². The van der Waals surface area contributed by atoms with Gasteiger partial charge in [0.05, 0.1) is 18.9 Å². The number of esters is 2. The largest absolute Gasteiger partial charge is 0.481 e. The quantitative estimate of drug-likeness (QED) is 0.701. The van der Waals surface area contributed by atoms with E-state index < -0.39 is 16.8 Å². The van der Waals surface area contributed by atoms with Gasteiger partial charge in [0.25, 0.3) is 0 Å². The van der Waals surface area contributed by atoms with Crippen LogP contribution in [0.3, 0.4) is 0 Å². The summed E-state index contributed by atoms with van der Waals surface area (Å²) >= 11 is 0. The smallest absolute Gasteiger partial charge is 0.311 e. The third-order valence-electron chi connectivity index (χ3n) is 8.73. The van der Waals surface area contributed by atoms with Crippen molar-refractivity contribution in [1.29, 1.82) is 0 Å². The minimum absolute atomic E-state index is 0.00812. The third-order valence-corrected chi connectivity index (χ3v) is 8.73. The fourth-order valence-electron chi connectivity index (χ4n) is 7.53. The second-order valence-corrected chi connectivity index (χ2v) is 10.5. The lowest BCUT2D eigenvalue weighted by Crippen LogP contribution is -2.60. The van der Waals surface area contributed by atoms with Crippen molar-refractivity contribution in [2.45, 2.75) is 85.2 Å². The maximum atomic E-state index is 12.7. The zero-order valence-corrected chi connectivity index (χ0v) is 18.5. The Hall–Kier alpha value is -1.59. The Morgan fingerprint density at radius 2 is 1.72 bits per heavy atom. The zero-order valence-electron chi connectivity index (χ0n) is 18.5. The molecule has 164 valence electrons. The van der Waals surface area contributed by atoms with Crippen molar-refractivity contribution in [1.82, 2.24) is 0 Å². The number of carboxylic acid groups (broad SMARTS) is 1. The molecule has 0 aromatic rings. The van der Waals surface area contributed by atoms with Gasteiger partial charge in [-0.1, -0.05) is 20.3 Å². The van der Waals surface area contributed by atoms with Crippen LogP contribution in [-0.2, 0) is 23.9 Å². The summed E-state index contributed by atoms with van der Waals surface area (Å²) in [6.45, 7) is 7.73. The first-order valence-corrected chi connectivity index (χ1v) is 11.0. The molecule has 0 radical (unpaired) electrons. The van der Waals surface area contributed by atoms with Gasteiger partial charge in [-0.25, -0.2) is 0 Å². The van der Waals surface area contributed by atoms with Crippen LogP contribution in [-0.4, -0.2) is 36.2 Å². The Labute approximate surface area is 173 Å². The third kappa shape index (κ3) is 3.57. The molecular formula is C23H36O6. The fourth-order valence-corrected chi connectivity index (χ4v) is 7.53. The van der Waals surface area contributed by atoms with Crippen LogP contribution >= 0.6 is 0 Å². The zero-order chi connectivity index (χ0) is 21.6. The number of carbonyl (C=O) groups excluding carboxylic acids is 2. The number of aliphatic carboxylic acids is 1. The molecule has 0 bridgehead atoms. The molecule has 0 heterocycles. The molecule has 6 nitrogen and oxygen atoms in total. The van der Waals surface area contributed by atoms with Crippen molar-refractivity contribution in [2.75, 3.05) is 7.11 Å². The molecule has 3 fully saturated rings. The molecule has 0 aromatic heterocycles. The highest BCUT2D eigenvalue weighted by atomic mass is 16.5. The van der Waals surface area contributed by atoms with Gasteiger partial charge in [0.15, 0.2) is 0 Å². The molecule has 0 spiro atoms. The molecule has 3 saturated carbocycles. The lowest BCUT2D eigenvalue weighted by atomic mass is 9.42. The summed E-state index contributed by atoms with van der Waals surface area (Å²) in [7, 11) is 1.47. The molecule has 7 atom stereocenters. The van der Waals surface area contributed by atoms with Crippen LogP contribution in [0.2, 0.25) is 0 Å². The van der Waals surface area contributed by atoms with E-state index in [4.69, 9.17) is 9.47 Å². The highest BCUT2D eigenvalue weighted by Gasteiger charge is 2.63. The average molecular weight is 409 g/mol. The van der Waals surface area contributed by atoms with Crippen LogP contribution in [0.4, 0.5) is 0 Å². The molecule has 3 rings (SSSR count). The van der Waals surface area contributed by atoms with Crippen molar-refractivity contribution in [3.8, 4) is 0 Å². The summed E-state index contributed by atoms with van der Waals surface area (Å²) in [4.78, 5) is 36.2. The van der Waals surface area contributed by atoms with E-state index in [0.29, 0.717) is 5.92 Å². The topological polar surface area (TPSA) is 89.9 Å². The van der Waals surface area contributed by atoms with Crippen LogP contribution < -0.4 is 0 Å². The van der Waals surface area contributed by atoms with Gasteiger partial charge in [-0.3, -0.25) is 14.4 Å². The predicted molar refractivity (Wildman–Crippen MR) is 107 cm³/mol. The Kier molecular flexibility index (Phi) is 5.78. The van der Waals surface area contributed by atoms with Crippen molar-refractivity contribution in [3.05, 3.63) is 0 Å². The van der Waals surface area contributed by atoms with E-state index >= 15 is 0 Å². The normalized spacial score (nSPS) is 44.2. The molecule has 6 heteroatoms. The summed E-state index contributed by atoms with van der Waals surface area (Å²) < 4.78 is 11.0. The van der Waals surface area contributed by atoms with Crippen molar-refractivity contribution in [2.24, 2.45) is 34.0 Å². The summed E-state index contributed by atoms with van der Waals surface area (Å²) in [5.74, 6) is -0.620. The van der Waals surface area contributed by atoms with Gasteiger partial charge >= 0.3 is 17.9 Å². The summed E-state index contributed by atoms with van der Waals surface area (Å²) in [5, 5.41) is 9.48. The van der Waals surface area contributed by atoms with E-state index in [-0.39, 0.29) is 41.7 Å². The Bertz CT molecular complexity index is 689. The Morgan fingerprint density at radius 3 is 2.31 bits per heavy atom. The Morgan fingerprint density at radius 1 is 1.03 bits per heavy atom. The van der Waals surface area contributed by atoms with Gasteiger partial charge in [-0.2, -0.15) is 0 Å². The van der Waals surface area contributed by atoms with Gasteiger partial charge in [-0.15, -0.1) is 0 Å². The van der Waals surface area contributed by atoms with Crippen molar-refractivity contribution >= 4 is 17.9 Å². The number of hydrogen-bond acceptors (Lipinski definition) is 5. The second-order valence-electron chi connectivity index (χ2n) is 10.5. The van der Waals surface area contributed by atoms with Gasteiger partial charge in [0.2, 0.25) is 0 Å². The van der Waals surface area contributed by atoms with Crippen molar-refractivity contribution < 1.29 is 29.0 Å². The molecule has 29 heavy (non-hydrogen) atoms. The molecule has 0 aromatic carbocycles. The molecular weight excluding hydrogens is 372 g/mol. The highest BCUT2D eigenvalue weighted by molar-refractivity contribution is 5.77. The molecule has 0 amide bonds. The van der Waals surface area contributed by atoms with Gasteiger partial charge in [0.1, 0.15) is 6.10 Å². The molecule has 1 N–H and O–H groups in total. The monoisotopic (exact) mass is 408 g/mol. The number of hydrogen-bond donors (Lipinski definition) is 1. The number of methoxy groups -OCH3 is 1. The van der Waals surface area contributed by atoms with E-state index in [2.05, 4.69) is 13.8 Å². The fraction of sp³-hybridized carbons (Fsp3) is 0.870. The lowest BCUT2D eigenvalue weighted by molar-refractivity contribution is -0.203. The molecule has 3 aliphatic carbocycles. The second kappa shape index (κ2) is 7.59. The Balaban J connectivity index is 1.96. The number of fused-ring (bicyclic) bond motifs is 3. The van der Waals surface area contributed by atoms with Crippen LogP contribution in [0, 0.1) is 34.0 Å². The van der Waals surface area contributed by atoms with Crippen LogP contribution in [0.15, 0.2) is 0 Å². The molecule has 0 aliphatic heterocycles. The summed E-state index contributed by atoms with van der Waals surface area (Å²) in [6, 6.07) is 0. The van der Waals surface area contributed by atoms with E-state index in [1.807, 2.05) is 6.92 Å². The number of ether oxygens (including phenoxy) is 2. The lowest BCUT2D eigenvalue weighted by Gasteiger charge is -2.63. The van der Waals surface area contributed by atoms with Crippen LogP contribution in [0.5, 0.6) is 0 Å². The SMILES string of the molecule is COC(=O)[C@]1(C)CCC[C@@]2(C)[C@H]1CC[C@H]1[C@H](OC(C)=O)[C@@](C)(CC(=O)O)CC[C@@H]12. The first kappa shape index (κ1) is 22.1. The van der Waals surface area contributed by atoms with Crippen LogP contribution in [0.1, 0.15) is 79.1 Å². The summed E-state index contributed by atoms with van der Waals surface area (Å²) in [5.41, 5.74) is -1.07. The minimum atomic E-state index is -0.848. The predicted octanol–water partition coefficient (Wildman–Crippen LogP) is 4.20. The first-order valence-electron chi connectivity index (χ1n) is 11.0. The highest BCUT2D eigenvalue weighted by Crippen LogP contribution is 2.66. The number of rotatable bonds is 4. The van der Waals surface area contributed by atoms with Crippen molar-refractivity contribution in [3.63, 3.8) is 0 Å². The standard InChI is InChI=1S/C23H36O6/c1-14(24)29-19-15-7-8-17-22(3,10-6-11-23(17,4)20(27)28-5)16(15)9-12-21(19,2)13-18(25)26/h15-17,19H,6-13H2,1-5H3,(H,25,26)/t15-,16+,17-,19+,21-,22-,23-/m1/s1. The average Bonchev–Trinajstić information content (AvgIpc) is 2.62. The summed E-state index contributed by atoms with van der Waals surface area (Å²) in [6.07, 6.45) is 5.86. The first-order chi connectivity index (χ1) is 13.5. The van der Waals surface area contributed by atoms with E-state index in [1.54, 1.807) is 0 Å². The van der Waals surface area contributed by atoms with Crippen LogP contribution in [0.25, 0.3) is 0 Å². The number of carbonyl (C=O) groups is 3.